The average molecular weight is 294 g/mol. The Balaban J connectivity index is 1.72. The van der Waals surface area contributed by atoms with Crippen molar-refractivity contribution < 1.29 is 0 Å². The highest BCUT2D eigenvalue weighted by molar-refractivity contribution is 5.84. The summed E-state index contributed by atoms with van der Waals surface area (Å²) < 4.78 is 2.44. The lowest BCUT2D eigenvalue weighted by Crippen LogP contribution is -2.23. The quantitative estimate of drug-likeness (QED) is 0.942. The molecular formula is C18H22N4. The third kappa shape index (κ3) is 2.54. The second-order valence-electron chi connectivity index (χ2n) is 6.14. The van der Waals surface area contributed by atoms with Crippen LogP contribution in [0.15, 0.2) is 41.5 Å². The molecule has 2 aliphatic heterocycles. The number of fused-ring (bicyclic) bond motifs is 1. The van der Waals surface area contributed by atoms with Gasteiger partial charge < -0.3 is 9.88 Å². The van der Waals surface area contributed by atoms with Gasteiger partial charge in [-0.1, -0.05) is 30.3 Å². The van der Waals surface area contributed by atoms with Crippen LogP contribution in [0.5, 0.6) is 0 Å². The normalized spacial score (nSPS) is 18.5. The van der Waals surface area contributed by atoms with Crippen molar-refractivity contribution in [3.63, 3.8) is 0 Å². The molecule has 4 rings (SSSR count). The molecule has 3 heterocycles. The van der Waals surface area contributed by atoms with Crippen LogP contribution in [0.3, 0.4) is 0 Å². The molecule has 22 heavy (non-hydrogen) atoms. The first-order valence-electron chi connectivity index (χ1n) is 8.28. The fourth-order valence-corrected chi connectivity index (χ4v) is 3.56. The highest BCUT2D eigenvalue weighted by Crippen LogP contribution is 2.30. The third-order valence-electron chi connectivity index (χ3n) is 4.69. The zero-order valence-electron chi connectivity index (χ0n) is 12.8. The topological polar surface area (TPSA) is 42.2 Å². The average Bonchev–Trinajstić information content (AvgIpc) is 3.23. The number of benzene rings is 1. The summed E-state index contributed by atoms with van der Waals surface area (Å²) in [7, 11) is 0. The van der Waals surface area contributed by atoms with E-state index in [-0.39, 0.29) is 5.92 Å². The Labute approximate surface area is 131 Å². The molecule has 1 atom stereocenters. The maximum atomic E-state index is 4.80. The molecule has 1 aromatic heterocycles. The van der Waals surface area contributed by atoms with Gasteiger partial charge in [0.1, 0.15) is 5.82 Å². The van der Waals surface area contributed by atoms with Gasteiger partial charge in [0.05, 0.1) is 12.4 Å². The molecule has 2 aliphatic rings. The van der Waals surface area contributed by atoms with Crippen LogP contribution in [0.1, 0.15) is 42.3 Å². The molecule has 4 nitrogen and oxygen atoms in total. The molecule has 4 heteroatoms. The van der Waals surface area contributed by atoms with Crippen molar-refractivity contribution in [2.24, 2.45) is 4.99 Å². The van der Waals surface area contributed by atoms with Crippen molar-refractivity contribution in [2.45, 2.75) is 38.1 Å². The van der Waals surface area contributed by atoms with E-state index >= 15 is 0 Å². The minimum Gasteiger partial charge on any atom is -0.372 e. The van der Waals surface area contributed by atoms with E-state index in [4.69, 9.17) is 4.98 Å². The first-order chi connectivity index (χ1) is 10.9. The molecule has 114 valence electrons. The van der Waals surface area contributed by atoms with E-state index < -0.39 is 0 Å². The Bertz CT molecular complexity index is 672. The SMILES string of the molecule is c1ccc(C(CC2=NCCN2)c2ncc3n2CCCC3)cc1. The van der Waals surface area contributed by atoms with Crippen LogP contribution < -0.4 is 5.32 Å². The van der Waals surface area contributed by atoms with Crippen LogP contribution in [-0.4, -0.2) is 28.5 Å². The standard InChI is InChI=1S/C18H22N4/c1-2-6-14(7-3-1)16(12-17-19-9-10-20-17)18-21-13-15-8-4-5-11-22(15)18/h1-3,6-7,13,16H,4-5,8-12H2,(H,19,20). The second-order valence-corrected chi connectivity index (χ2v) is 6.14. The van der Waals surface area contributed by atoms with Crippen LogP contribution in [0.25, 0.3) is 0 Å². The zero-order valence-corrected chi connectivity index (χ0v) is 12.8. The minimum atomic E-state index is 0.289. The molecule has 0 bridgehead atoms. The molecule has 0 spiro atoms. The van der Waals surface area contributed by atoms with E-state index in [1.807, 2.05) is 0 Å². The van der Waals surface area contributed by atoms with Crippen LogP contribution in [0.2, 0.25) is 0 Å². The summed E-state index contributed by atoms with van der Waals surface area (Å²) in [6.45, 7) is 2.97. The van der Waals surface area contributed by atoms with Crippen molar-refractivity contribution >= 4 is 5.84 Å². The number of aromatic nitrogens is 2. The van der Waals surface area contributed by atoms with Gasteiger partial charge in [-0.3, -0.25) is 4.99 Å². The minimum absolute atomic E-state index is 0.289. The summed E-state index contributed by atoms with van der Waals surface area (Å²) in [6.07, 6.45) is 6.70. The van der Waals surface area contributed by atoms with E-state index in [2.05, 4.69) is 51.4 Å². The number of nitrogens with zero attached hydrogens (tertiary/aromatic N) is 3. The number of hydrogen-bond donors (Lipinski definition) is 1. The smallest absolute Gasteiger partial charge is 0.116 e. The van der Waals surface area contributed by atoms with Gasteiger partial charge in [0.15, 0.2) is 0 Å². The molecule has 1 aromatic carbocycles. The van der Waals surface area contributed by atoms with Gasteiger partial charge in [0, 0.05) is 37.3 Å². The largest absolute Gasteiger partial charge is 0.372 e. The lowest BCUT2D eigenvalue weighted by Gasteiger charge is -2.22. The van der Waals surface area contributed by atoms with E-state index in [0.717, 1.165) is 38.3 Å². The Kier molecular flexibility index (Phi) is 3.67. The number of amidine groups is 1. The van der Waals surface area contributed by atoms with Crippen molar-refractivity contribution in [2.75, 3.05) is 13.1 Å². The molecule has 0 fully saturated rings. The summed E-state index contributed by atoms with van der Waals surface area (Å²) in [5, 5.41) is 3.41. The molecule has 0 saturated heterocycles. The molecule has 0 amide bonds. The van der Waals surface area contributed by atoms with Gasteiger partial charge in [-0.15, -0.1) is 0 Å². The van der Waals surface area contributed by atoms with Gasteiger partial charge >= 0.3 is 0 Å². The van der Waals surface area contributed by atoms with Gasteiger partial charge in [-0.2, -0.15) is 0 Å². The van der Waals surface area contributed by atoms with Gasteiger partial charge in [-0.05, 0) is 24.8 Å². The van der Waals surface area contributed by atoms with Crippen LogP contribution >= 0.6 is 0 Å². The van der Waals surface area contributed by atoms with Gasteiger partial charge in [-0.25, -0.2) is 4.98 Å². The maximum absolute atomic E-state index is 4.80. The number of rotatable bonds is 4. The lowest BCUT2D eigenvalue weighted by molar-refractivity contribution is 0.505. The number of aryl methyl sites for hydroxylation is 1. The van der Waals surface area contributed by atoms with E-state index in [0.29, 0.717) is 0 Å². The van der Waals surface area contributed by atoms with E-state index in [1.165, 1.54) is 29.9 Å². The molecule has 1 N–H and O–H groups in total. The summed E-state index contributed by atoms with van der Waals surface area (Å²) in [6, 6.07) is 10.7. The van der Waals surface area contributed by atoms with E-state index in [9.17, 15) is 0 Å². The number of hydrogen-bond acceptors (Lipinski definition) is 3. The number of aliphatic imine (C=N–C) groups is 1. The second kappa shape index (κ2) is 5.95. The summed E-state index contributed by atoms with van der Waals surface area (Å²) in [5.41, 5.74) is 2.72. The Morgan fingerprint density at radius 1 is 1.18 bits per heavy atom. The maximum Gasteiger partial charge on any atom is 0.116 e. The van der Waals surface area contributed by atoms with Crippen molar-refractivity contribution in [3.8, 4) is 0 Å². The molecule has 2 aromatic rings. The Morgan fingerprint density at radius 2 is 2.09 bits per heavy atom. The predicted molar refractivity (Wildman–Crippen MR) is 88.4 cm³/mol. The van der Waals surface area contributed by atoms with Crippen LogP contribution in [0, 0.1) is 0 Å². The first kappa shape index (κ1) is 13.6. The summed E-state index contributed by atoms with van der Waals surface area (Å²) in [4.78, 5) is 9.39. The van der Waals surface area contributed by atoms with Gasteiger partial charge in [0.25, 0.3) is 0 Å². The molecule has 0 aliphatic carbocycles. The highest BCUT2D eigenvalue weighted by atomic mass is 15.1. The van der Waals surface area contributed by atoms with Crippen LogP contribution in [-0.2, 0) is 13.0 Å². The zero-order chi connectivity index (χ0) is 14.8. The Hall–Kier alpha value is -2.10. The van der Waals surface area contributed by atoms with Crippen molar-refractivity contribution in [1.29, 1.82) is 0 Å². The van der Waals surface area contributed by atoms with Crippen LogP contribution in [0.4, 0.5) is 0 Å². The monoisotopic (exact) mass is 294 g/mol. The Morgan fingerprint density at radius 3 is 2.91 bits per heavy atom. The molecule has 1 unspecified atom stereocenters. The fraction of sp³-hybridized carbons (Fsp3) is 0.444. The van der Waals surface area contributed by atoms with Gasteiger partial charge in [0.2, 0.25) is 0 Å². The van der Waals surface area contributed by atoms with E-state index in [1.54, 1.807) is 0 Å². The molecule has 0 saturated carbocycles. The first-order valence-corrected chi connectivity index (χ1v) is 8.28. The lowest BCUT2D eigenvalue weighted by atomic mass is 9.94. The third-order valence-corrected chi connectivity index (χ3v) is 4.69. The molecule has 0 radical (unpaired) electrons. The molecular weight excluding hydrogens is 272 g/mol. The fourth-order valence-electron chi connectivity index (χ4n) is 3.56. The van der Waals surface area contributed by atoms with Crippen molar-refractivity contribution in [3.05, 3.63) is 53.6 Å². The summed E-state index contributed by atoms with van der Waals surface area (Å²) >= 11 is 0. The number of imidazole rings is 1. The van der Waals surface area contributed by atoms with Crippen molar-refractivity contribution in [1.82, 2.24) is 14.9 Å². The summed E-state index contributed by atoms with van der Waals surface area (Å²) in [5.74, 6) is 2.62. The number of nitrogens with one attached hydrogen (secondary N) is 1. The predicted octanol–water partition coefficient (Wildman–Crippen LogP) is 2.74. The highest BCUT2D eigenvalue weighted by Gasteiger charge is 2.25.